The molecule has 0 aliphatic heterocycles. The van der Waals surface area contributed by atoms with Crippen molar-refractivity contribution in [1.82, 2.24) is 0 Å². The lowest BCUT2D eigenvalue weighted by Crippen LogP contribution is -2.16. The van der Waals surface area contributed by atoms with Gasteiger partial charge in [-0.25, -0.2) is 4.79 Å². The summed E-state index contributed by atoms with van der Waals surface area (Å²) in [4.78, 5) is 9.50. The summed E-state index contributed by atoms with van der Waals surface area (Å²) in [6.45, 7) is -3.47. The Kier molecular flexibility index (Phi) is 2.97. The van der Waals surface area contributed by atoms with E-state index >= 15 is 0 Å². The van der Waals surface area contributed by atoms with E-state index in [-0.39, 0.29) is 0 Å². The third-order valence-electron chi connectivity index (χ3n) is 0.383. The van der Waals surface area contributed by atoms with Gasteiger partial charge in [0.15, 0.2) is 0 Å². The molecule has 0 radical (unpaired) electrons. The Morgan fingerprint density at radius 2 is 1.67 bits per heavy atom. The number of carbonyl (C=O) groups is 1. The van der Waals surface area contributed by atoms with E-state index in [9.17, 15) is 22.4 Å². The molecular formula is C3H2F4O2. The van der Waals surface area contributed by atoms with E-state index in [2.05, 4.69) is 4.74 Å². The van der Waals surface area contributed by atoms with Gasteiger partial charge in [0, 0.05) is 0 Å². The highest BCUT2D eigenvalue weighted by Gasteiger charge is 2.20. The van der Waals surface area contributed by atoms with Crippen molar-refractivity contribution in [2.45, 2.75) is 13.0 Å². The van der Waals surface area contributed by atoms with Crippen LogP contribution in [-0.2, 0) is 9.53 Å². The van der Waals surface area contributed by atoms with E-state index in [1.807, 2.05) is 0 Å². The number of hydrogen-bond donors (Lipinski definition) is 0. The smallest absolute Gasteiger partial charge is 0.389 e. The molecular weight excluding hydrogens is 144 g/mol. The lowest BCUT2D eigenvalue weighted by molar-refractivity contribution is -0.188. The molecule has 0 aromatic rings. The molecule has 0 fully saturated rings. The molecule has 9 heavy (non-hydrogen) atoms. The van der Waals surface area contributed by atoms with Crippen molar-refractivity contribution in [3.05, 3.63) is 0 Å². The fourth-order valence-electron chi connectivity index (χ4n) is 0.139. The van der Waals surface area contributed by atoms with Crippen LogP contribution in [0.15, 0.2) is 0 Å². The zero-order chi connectivity index (χ0) is 7.44. The minimum Gasteiger partial charge on any atom is -0.399 e. The molecule has 0 aromatic carbocycles. The molecule has 0 aromatic heterocycles. The maximum absolute atomic E-state index is 11.0. The maximum atomic E-state index is 11.0. The molecule has 0 aliphatic carbocycles. The van der Waals surface area contributed by atoms with Crippen LogP contribution in [0, 0.1) is 0 Å². The summed E-state index contributed by atoms with van der Waals surface area (Å²) in [5.41, 5.74) is 0. The van der Waals surface area contributed by atoms with Crippen LogP contribution in [0.25, 0.3) is 0 Å². The van der Waals surface area contributed by atoms with Crippen LogP contribution in [-0.4, -0.2) is 19.0 Å². The molecule has 0 saturated carbocycles. The van der Waals surface area contributed by atoms with Gasteiger partial charge in [-0.1, -0.05) is 0 Å². The van der Waals surface area contributed by atoms with Gasteiger partial charge in [0.2, 0.25) is 0 Å². The molecule has 0 unspecified atom stereocenters. The number of rotatable bonds is 2. The van der Waals surface area contributed by atoms with Crippen LogP contribution in [0.4, 0.5) is 17.6 Å². The highest BCUT2D eigenvalue weighted by Crippen LogP contribution is 2.01. The molecule has 0 rings (SSSR count). The van der Waals surface area contributed by atoms with Gasteiger partial charge in [0.05, 0.1) is 0 Å². The van der Waals surface area contributed by atoms with Gasteiger partial charge in [-0.15, -0.1) is 0 Å². The van der Waals surface area contributed by atoms with Gasteiger partial charge in [0.1, 0.15) is 0 Å². The third kappa shape index (κ3) is 3.75. The highest BCUT2D eigenvalue weighted by molar-refractivity contribution is 5.72. The second-order valence-electron chi connectivity index (χ2n) is 0.998. The Hall–Kier alpha value is -0.810. The lowest BCUT2D eigenvalue weighted by Gasteiger charge is -1.98. The molecule has 54 valence electrons. The third-order valence-corrected chi connectivity index (χ3v) is 0.383. The summed E-state index contributed by atoms with van der Waals surface area (Å²) in [5, 5.41) is 0. The van der Waals surface area contributed by atoms with Crippen molar-refractivity contribution in [3.63, 3.8) is 0 Å². The monoisotopic (exact) mass is 146 g/mol. The Balaban J connectivity index is 3.51. The molecule has 0 saturated heterocycles. The van der Waals surface area contributed by atoms with Gasteiger partial charge in [0.25, 0.3) is 0 Å². The van der Waals surface area contributed by atoms with Crippen molar-refractivity contribution in [2.24, 2.45) is 0 Å². The number of halogens is 4. The number of alkyl halides is 4. The molecule has 0 atom stereocenters. The Morgan fingerprint density at radius 3 is 1.78 bits per heavy atom. The second-order valence-corrected chi connectivity index (χ2v) is 0.998. The fourth-order valence-corrected chi connectivity index (χ4v) is 0.139. The Labute approximate surface area is 47.4 Å². The zero-order valence-corrected chi connectivity index (χ0v) is 3.98. The fraction of sp³-hybridized carbons (Fsp3) is 0.667. The van der Waals surface area contributed by atoms with Gasteiger partial charge < -0.3 is 4.74 Å². The van der Waals surface area contributed by atoms with Crippen LogP contribution in [0.5, 0.6) is 0 Å². The van der Waals surface area contributed by atoms with E-state index in [0.717, 1.165) is 0 Å². The first kappa shape index (κ1) is 8.19. The summed E-state index contributed by atoms with van der Waals surface area (Å²) >= 11 is 0. The predicted molar refractivity (Wildman–Crippen MR) is 18.1 cm³/mol. The molecule has 0 amide bonds. The van der Waals surface area contributed by atoms with Crippen molar-refractivity contribution in [2.75, 3.05) is 0 Å². The number of hydrogen-bond acceptors (Lipinski definition) is 2. The van der Waals surface area contributed by atoms with Crippen molar-refractivity contribution < 1.29 is 27.1 Å². The van der Waals surface area contributed by atoms with Gasteiger partial charge in [-0.3, -0.25) is 0 Å². The van der Waals surface area contributed by atoms with Crippen LogP contribution in [0.2, 0.25) is 0 Å². The Bertz CT molecular complexity index is 102. The van der Waals surface area contributed by atoms with Gasteiger partial charge >= 0.3 is 19.0 Å². The topological polar surface area (TPSA) is 26.3 Å². The van der Waals surface area contributed by atoms with E-state index in [4.69, 9.17) is 0 Å². The largest absolute Gasteiger partial charge is 0.399 e. The maximum Gasteiger partial charge on any atom is 0.389 e. The molecule has 0 N–H and O–H groups in total. The van der Waals surface area contributed by atoms with Crippen LogP contribution < -0.4 is 0 Å². The highest BCUT2D eigenvalue weighted by atomic mass is 19.3. The Morgan fingerprint density at radius 1 is 1.22 bits per heavy atom. The predicted octanol–water partition coefficient (Wildman–Crippen LogP) is 1.02. The molecule has 0 heterocycles. The van der Waals surface area contributed by atoms with Crippen molar-refractivity contribution in [1.29, 1.82) is 0 Å². The summed E-state index contributed by atoms with van der Waals surface area (Å²) in [6, 6.07) is 0. The quantitative estimate of drug-likeness (QED) is 0.429. The lowest BCUT2D eigenvalue weighted by atomic mass is 10.7. The normalized spacial score (nSPS) is 10.4. The molecule has 0 spiro atoms. The first-order chi connectivity index (χ1) is 4.04. The van der Waals surface area contributed by atoms with E-state index in [1.54, 1.807) is 0 Å². The SMILES string of the molecule is O=C(OC(F)F)C(F)F. The molecule has 0 bridgehead atoms. The summed E-state index contributed by atoms with van der Waals surface area (Å²) in [5.74, 6) is -2.20. The second kappa shape index (κ2) is 3.26. The number of ether oxygens (including phenoxy) is 1. The average Bonchev–Trinajstić information content (AvgIpc) is 1.63. The van der Waals surface area contributed by atoms with Crippen LogP contribution >= 0.6 is 0 Å². The van der Waals surface area contributed by atoms with Gasteiger partial charge in [-0.05, 0) is 0 Å². The van der Waals surface area contributed by atoms with Crippen LogP contribution in [0.3, 0.4) is 0 Å². The molecule has 2 nitrogen and oxygen atoms in total. The van der Waals surface area contributed by atoms with E-state index in [0.29, 0.717) is 0 Å². The number of esters is 1. The summed E-state index contributed by atoms with van der Waals surface area (Å²) < 4.78 is 46.5. The van der Waals surface area contributed by atoms with E-state index in [1.165, 1.54) is 0 Å². The standard InChI is InChI=1S/C3H2F4O2/c4-1(5)2(8)9-3(6)7/h1,3H. The summed E-state index contributed by atoms with van der Waals surface area (Å²) in [7, 11) is 0. The van der Waals surface area contributed by atoms with E-state index < -0.39 is 19.0 Å². The zero-order valence-electron chi connectivity index (χ0n) is 3.98. The minimum atomic E-state index is -3.49. The molecule has 0 aliphatic rings. The van der Waals surface area contributed by atoms with Crippen molar-refractivity contribution in [3.8, 4) is 0 Å². The average molecular weight is 146 g/mol. The summed E-state index contributed by atoms with van der Waals surface area (Å²) in [6.07, 6.45) is -3.49. The first-order valence-corrected chi connectivity index (χ1v) is 1.81. The first-order valence-electron chi connectivity index (χ1n) is 1.81. The minimum absolute atomic E-state index is 2.20. The molecule has 6 heteroatoms. The van der Waals surface area contributed by atoms with Crippen molar-refractivity contribution >= 4 is 5.97 Å². The number of carbonyl (C=O) groups excluding carboxylic acids is 1. The van der Waals surface area contributed by atoms with Gasteiger partial charge in [-0.2, -0.15) is 17.6 Å². The van der Waals surface area contributed by atoms with Crippen LogP contribution in [0.1, 0.15) is 0 Å².